The second kappa shape index (κ2) is 7.06. The quantitative estimate of drug-likeness (QED) is 0.715. The zero-order chi connectivity index (χ0) is 15.3. The van der Waals surface area contributed by atoms with Gasteiger partial charge in [-0.15, -0.1) is 0 Å². The van der Waals surface area contributed by atoms with E-state index in [1.165, 1.54) is 0 Å². The third-order valence-corrected chi connectivity index (χ3v) is 5.22. The van der Waals surface area contributed by atoms with Crippen LogP contribution in [0.5, 0.6) is 0 Å². The number of nitrogens with one attached hydrogen (secondary N) is 1. The standard InChI is InChI=1S/C13H19ClN2O3S/c1-9-3-2-4-11(14)10(9)5-7-20(16,19)8-6-12(15)13(17)18/h2-4,12,16H,5-8,15H2,1H3,(H,17,18)/t12-,20?/m0/s1. The molecule has 1 aromatic carbocycles. The first-order valence-corrected chi connectivity index (χ1v) is 8.47. The molecule has 0 amide bonds. The number of rotatable bonds is 7. The van der Waals surface area contributed by atoms with Crippen molar-refractivity contribution in [1.82, 2.24) is 0 Å². The van der Waals surface area contributed by atoms with Crippen LogP contribution in [0.15, 0.2) is 18.2 Å². The largest absolute Gasteiger partial charge is 0.480 e. The van der Waals surface area contributed by atoms with E-state index < -0.39 is 21.7 Å². The van der Waals surface area contributed by atoms with Gasteiger partial charge in [0.1, 0.15) is 6.04 Å². The lowest BCUT2D eigenvalue weighted by atomic mass is 10.1. The first-order chi connectivity index (χ1) is 9.23. The minimum Gasteiger partial charge on any atom is -0.480 e. The highest BCUT2D eigenvalue weighted by atomic mass is 35.5. The number of carboxylic acids is 1. The number of aliphatic carboxylic acids is 1. The molecule has 1 rings (SSSR count). The molecule has 5 nitrogen and oxygen atoms in total. The SMILES string of the molecule is Cc1cccc(Cl)c1CCS(=N)(=O)CC[C@H](N)C(=O)O. The molecule has 0 spiro atoms. The molecule has 0 aliphatic heterocycles. The number of aryl methyl sites for hydroxylation is 1. The van der Waals surface area contributed by atoms with Crippen LogP contribution in [0.4, 0.5) is 0 Å². The van der Waals surface area contributed by atoms with Crippen LogP contribution in [0.1, 0.15) is 17.5 Å². The maximum absolute atomic E-state index is 12.1. The summed E-state index contributed by atoms with van der Waals surface area (Å²) in [6.45, 7) is 1.91. The molecule has 0 bridgehead atoms. The minimum atomic E-state index is -2.84. The van der Waals surface area contributed by atoms with E-state index in [0.717, 1.165) is 11.1 Å². The van der Waals surface area contributed by atoms with Gasteiger partial charge in [0.15, 0.2) is 0 Å². The molecule has 2 atom stereocenters. The highest BCUT2D eigenvalue weighted by Crippen LogP contribution is 2.20. The van der Waals surface area contributed by atoms with Gasteiger partial charge < -0.3 is 10.8 Å². The van der Waals surface area contributed by atoms with Gasteiger partial charge in [-0.25, -0.2) is 4.21 Å². The van der Waals surface area contributed by atoms with Gasteiger partial charge in [-0.05, 0) is 37.0 Å². The van der Waals surface area contributed by atoms with Crippen molar-refractivity contribution in [2.75, 3.05) is 11.5 Å². The summed E-state index contributed by atoms with van der Waals surface area (Å²) in [4.78, 5) is 10.6. The van der Waals surface area contributed by atoms with E-state index in [2.05, 4.69) is 0 Å². The zero-order valence-corrected chi connectivity index (χ0v) is 12.8. The van der Waals surface area contributed by atoms with Gasteiger partial charge in [-0.1, -0.05) is 23.7 Å². The summed E-state index contributed by atoms with van der Waals surface area (Å²) in [6, 6.07) is 4.44. The third-order valence-electron chi connectivity index (χ3n) is 3.11. The first-order valence-electron chi connectivity index (χ1n) is 6.19. The first kappa shape index (κ1) is 16.9. The predicted molar refractivity (Wildman–Crippen MR) is 80.7 cm³/mol. The van der Waals surface area contributed by atoms with E-state index in [4.69, 9.17) is 27.2 Å². The molecular weight excluding hydrogens is 300 g/mol. The zero-order valence-electron chi connectivity index (χ0n) is 11.3. The normalized spacial score (nSPS) is 15.6. The van der Waals surface area contributed by atoms with Gasteiger partial charge >= 0.3 is 5.97 Å². The average molecular weight is 319 g/mol. The Labute approximate surface area is 124 Å². The summed E-state index contributed by atoms with van der Waals surface area (Å²) in [5, 5.41) is 9.26. The lowest BCUT2D eigenvalue weighted by Gasteiger charge is -2.12. The van der Waals surface area contributed by atoms with Crippen molar-refractivity contribution in [1.29, 1.82) is 4.78 Å². The predicted octanol–water partition coefficient (Wildman–Crippen LogP) is 2.04. The average Bonchev–Trinajstić information content (AvgIpc) is 2.35. The fourth-order valence-electron chi connectivity index (χ4n) is 1.79. The Morgan fingerprint density at radius 3 is 2.70 bits per heavy atom. The van der Waals surface area contributed by atoms with E-state index in [1.807, 2.05) is 19.1 Å². The molecule has 20 heavy (non-hydrogen) atoms. The molecule has 4 N–H and O–H groups in total. The van der Waals surface area contributed by atoms with E-state index in [9.17, 15) is 9.00 Å². The summed E-state index contributed by atoms with van der Waals surface area (Å²) in [7, 11) is -2.84. The van der Waals surface area contributed by atoms with E-state index in [-0.39, 0.29) is 17.9 Å². The van der Waals surface area contributed by atoms with Gasteiger partial charge in [0.25, 0.3) is 0 Å². The highest BCUT2D eigenvalue weighted by molar-refractivity contribution is 7.92. The molecule has 1 aromatic rings. The summed E-state index contributed by atoms with van der Waals surface area (Å²) in [5.74, 6) is -0.990. The van der Waals surface area contributed by atoms with Crippen molar-refractivity contribution >= 4 is 27.3 Å². The minimum absolute atomic E-state index is 0.00995. The second-order valence-electron chi connectivity index (χ2n) is 4.74. The Balaban J connectivity index is 2.62. The Hall–Kier alpha value is -1.11. The van der Waals surface area contributed by atoms with Crippen molar-refractivity contribution in [2.24, 2.45) is 5.73 Å². The van der Waals surface area contributed by atoms with Crippen molar-refractivity contribution in [3.05, 3.63) is 34.3 Å². The number of nitrogens with two attached hydrogens (primary N) is 1. The molecular formula is C13H19ClN2O3S. The van der Waals surface area contributed by atoms with E-state index in [1.54, 1.807) is 6.07 Å². The summed E-state index contributed by atoms with van der Waals surface area (Å²) in [6.07, 6.45) is 0.481. The molecule has 0 aliphatic rings. The molecule has 7 heteroatoms. The number of carboxylic acid groups (broad SMARTS) is 1. The summed E-state index contributed by atoms with van der Waals surface area (Å²) in [5.41, 5.74) is 7.23. The molecule has 0 aromatic heterocycles. The van der Waals surface area contributed by atoms with Crippen LogP contribution in [0.2, 0.25) is 5.02 Å². The van der Waals surface area contributed by atoms with Crippen LogP contribution in [-0.2, 0) is 20.9 Å². The van der Waals surface area contributed by atoms with Gasteiger partial charge in [-0.3, -0.25) is 9.57 Å². The number of halogens is 1. The summed E-state index contributed by atoms with van der Waals surface area (Å²) >= 11 is 6.08. The van der Waals surface area contributed by atoms with Gasteiger partial charge in [0.05, 0.1) is 0 Å². The molecule has 0 heterocycles. The molecule has 0 saturated heterocycles. The topological polar surface area (TPSA) is 104 Å². The lowest BCUT2D eigenvalue weighted by Crippen LogP contribution is -2.32. The van der Waals surface area contributed by atoms with Crippen LogP contribution in [0, 0.1) is 11.7 Å². The molecule has 0 radical (unpaired) electrons. The maximum Gasteiger partial charge on any atom is 0.320 e. The van der Waals surface area contributed by atoms with Crippen molar-refractivity contribution in [3.63, 3.8) is 0 Å². The molecule has 1 unspecified atom stereocenters. The fraction of sp³-hybridized carbons (Fsp3) is 0.462. The molecule has 0 aliphatic carbocycles. The van der Waals surface area contributed by atoms with E-state index in [0.29, 0.717) is 11.4 Å². The Kier molecular flexibility index (Phi) is 5.98. The van der Waals surface area contributed by atoms with E-state index >= 15 is 0 Å². The van der Waals surface area contributed by atoms with Crippen LogP contribution in [-0.4, -0.2) is 32.8 Å². The smallest absolute Gasteiger partial charge is 0.320 e. The second-order valence-corrected chi connectivity index (χ2v) is 7.59. The number of benzene rings is 1. The highest BCUT2D eigenvalue weighted by Gasteiger charge is 2.16. The molecule has 0 fully saturated rings. The third kappa shape index (κ3) is 5.11. The van der Waals surface area contributed by atoms with Gasteiger partial charge in [0, 0.05) is 26.3 Å². The van der Waals surface area contributed by atoms with Gasteiger partial charge in [0.2, 0.25) is 0 Å². The number of carbonyl (C=O) groups is 1. The van der Waals surface area contributed by atoms with Crippen molar-refractivity contribution < 1.29 is 14.1 Å². The number of hydrogen-bond donors (Lipinski definition) is 3. The van der Waals surface area contributed by atoms with Crippen molar-refractivity contribution in [2.45, 2.75) is 25.8 Å². The van der Waals surface area contributed by atoms with Gasteiger partial charge in [-0.2, -0.15) is 0 Å². The van der Waals surface area contributed by atoms with Crippen molar-refractivity contribution in [3.8, 4) is 0 Å². The Bertz CT molecular complexity index is 567. The Morgan fingerprint density at radius 1 is 1.50 bits per heavy atom. The lowest BCUT2D eigenvalue weighted by molar-refractivity contribution is -0.138. The number of hydrogen-bond acceptors (Lipinski definition) is 4. The fourth-order valence-corrected chi connectivity index (χ4v) is 3.48. The molecule has 0 saturated carbocycles. The molecule has 112 valence electrons. The van der Waals surface area contributed by atoms with Crippen LogP contribution in [0.3, 0.4) is 0 Å². The Morgan fingerprint density at radius 2 is 2.15 bits per heavy atom. The van der Waals surface area contributed by atoms with Crippen LogP contribution < -0.4 is 5.73 Å². The maximum atomic E-state index is 12.1. The van der Waals surface area contributed by atoms with Crippen LogP contribution >= 0.6 is 11.6 Å². The summed E-state index contributed by atoms with van der Waals surface area (Å²) < 4.78 is 19.9. The monoisotopic (exact) mass is 318 g/mol. The van der Waals surface area contributed by atoms with Crippen LogP contribution in [0.25, 0.3) is 0 Å².